The number of para-hydroxylation sites is 1. The Labute approximate surface area is 169 Å². The van der Waals surface area contributed by atoms with Crippen LogP contribution in [0.5, 0.6) is 5.75 Å². The summed E-state index contributed by atoms with van der Waals surface area (Å²) in [6, 6.07) is 12.0. The molecule has 0 unspecified atom stereocenters. The highest BCUT2D eigenvalue weighted by molar-refractivity contribution is 7.92. The number of sulfone groups is 1. The third kappa shape index (κ3) is 3.48. The van der Waals surface area contributed by atoms with E-state index < -0.39 is 15.1 Å². The number of ether oxygens (including phenoxy) is 1. The Morgan fingerprint density at radius 1 is 1.28 bits per heavy atom. The van der Waals surface area contributed by atoms with E-state index in [1.165, 1.54) is 25.1 Å². The normalized spacial score (nSPS) is 19.0. The van der Waals surface area contributed by atoms with Crippen LogP contribution < -0.4 is 15.0 Å². The molecule has 4 rings (SSSR count). The van der Waals surface area contributed by atoms with E-state index in [0.717, 1.165) is 17.7 Å². The third-order valence-electron chi connectivity index (χ3n) is 5.38. The summed E-state index contributed by atoms with van der Waals surface area (Å²) in [6.07, 6.45) is 0.633. The van der Waals surface area contributed by atoms with Crippen molar-refractivity contribution >= 4 is 33.0 Å². The van der Waals surface area contributed by atoms with Crippen LogP contribution in [0.3, 0.4) is 0 Å². The zero-order valence-electron chi connectivity index (χ0n) is 16.2. The minimum Gasteiger partial charge on any atom is -0.482 e. The SMILES string of the molecule is C[C@@H]1Cc2ccccc2N1C(=O)C[C@@H](C)S(=O)(=O)c1ccc2c(c1)NC(=O)CO2. The highest BCUT2D eigenvalue weighted by atomic mass is 32.2. The molecule has 152 valence electrons. The molecule has 2 aromatic rings. The summed E-state index contributed by atoms with van der Waals surface area (Å²) in [5, 5.41) is 1.70. The van der Waals surface area contributed by atoms with Crippen molar-refractivity contribution in [2.45, 2.75) is 42.9 Å². The van der Waals surface area contributed by atoms with Crippen LogP contribution in [0, 0.1) is 0 Å². The number of rotatable bonds is 4. The quantitative estimate of drug-likeness (QED) is 0.830. The fourth-order valence-electron chi connectivity index (χ4n) is 3.87. The predicted octanol–water partition coefficient (Wildman–Crippen LogP) is 2.55. The zero-order chi connectivity index (χ0) is 20.8. The van der Waals surface area contributed by atoms with Gasteiger partial charge in [0.25, 0.3) is 5.91 Å². The van der Waals surface area contributed by atoms with Gasteiger partial charge in [0, 0.05) is 18.2 Å². The lowest BCUT2D eigenvalue weighted by Crippen LogP contribution is -2.38. The van der Waals surface area contributed by atoms with Crippen LogP contribution in [0.25, 0.3) is 0 Å². The lowest BCUT2D eigenvalue weighted by Gasteiger charge is -2.25. The molecule has 2 aromatic carbocycles. The summed E-state index contributed by atoms with van der Waals surface area (Å²) in [6.45, 7) is 3.40. The van der Waals surface area contributed by atoms with Crippen molar-refractivity contribution in [2.75, 3.05) is 16.8 Å². The first-order chi connectivity index (χ1) is 13.8. The van der Waals surface area contributed by atoms with Gasteiger partial charge in [-0.3, -0.25) is 9.59 Å². The average Bonchev–Trinajstić information content (AvgIpc) is 3.02. The molecule has 2 aliphatic heterocycles. The van der Waals surface area contributed by atoms with E-state index in [4.69, 9.17) is 4.74 Å². The molecule has 8 heteroatoms. The molecule has 2 aliphatic rings. The molecular weight excluding hydrogens is 392 g/mol. The van der Waals surface area contributed by atoms with E-state index in [1.807, 2.05) is 31.2 Å². The number of carbonyl (C=O) groups excluding carboxylic acids is 2. The summed E-state index contributed by atoms with van der Waals surface area (Å²) in [4.78, 5) is 26.2. The molecule has 0 bridgehead atoms. The molecule has 2 heterocycles. The van der Waals surface area contributed by atoms with Crippen molar-refractivity contribution < 1.29 is 22.7 Å². The van der Waals surface area contributed by atoms with Crippen LogP contribution in [-0.4, -0.2) is 38.1 Å². The van der Waals surface area contributed by atoms with Gasteiger partial charge >= 0.3 is 0 Å². The van der Waals surface area contributed by atoms with Crippen molar-refractivity contribution in [1.29, 1.82) is 0 Å². The maximum Gasteiger partial charge on any atom is 0.262 e. The smallest absolute Gasteiger partial charge is 0.262 e. The van der Waals surface area contributed by atoms with Gasteiger partial charge in [-0.1, -0.05) is 18.2 Å². The third-order valence-corrected chi connectivity index (χ3v) is 7.52. The van der Waals surface area contributed by atoms with Crippen LogP contribution in [0.4, 0.5) is 11.4 Å². The molecule has 7 nitrogen and oxygen atoms in total. The number of carbonyl (C=O) groups is 2. The molecular formula is C21H22N2O5S. The molecule has 29 heavy (non-hydrogen) atoms. The van der Waals surface area contributed by atoms with Gasteiger partial charge < -0.3 is 15.0 Å². The fraction of sp³-hybridized carbons (Fsp3) is 0.333. The van der Waals surface area contributed by atoms with E-state index in [1.54, 1.807) is 4.90 Å². The van der Waals surface area contributed by atoms with Crippen LogP contribution in [0.2, 0.25) is 0 Å². The molecule has 0 saturated heterocycles. The maximum atomic E-state index is 13.1. The Kier molecular flexibility index (Phi) is 4.82. The highest BCUT2D eigenvalue weighted by Crippen LogP contribution is 2.34. The monoisotopic (exact) mass is 414 g/mol. The van der Waals surface area contributed by atoms with Gasteiger partial charge in [-0.05, 0) is 50.1 Å². The summed E-state index contributed by atoms with van der Waals surface area (Å²) in [5.41, 5.74) is 2.26. The molecule has 1 N–H and O–H groups in total. The zero-order valence-corrected chi connectivity index (χ0v) is 17.0. The summed E-state index contributed by atoms with van der Waals surface area (Å²) in [7, 11) is -3.76. The van der Waals surface area contributed by atoms with Crippen molar-refractivity contribution in [1.82, 2.24) is 0 Å². The number of fused-ring (bicyclic) bond motifs is 2. The van der Waals surface area contributed by atoms with Gasteiger partial charge in [0.05, 0.1) is 15.8 Å². The van der Waals surface area contributed by atoms with E-state index >= 15 is 0 Å². The van der Waals surface area contributed by atoms with E-state index in [9.17, 15) is 18.0 Å². The predicted molar refractivity (Wildman–Crippen MR) is 109 cm³/mol. The van der Waals surface area contributed by atoms with Crippen molar-refractivity contribution in [3.8, 4) is 5.75 Å². The Hall–Kier alpha value is -2.87. The van der Waals surface area contributed by atoms with Gasteiger partial charge in [0.1, 0.15) is 5.75 Å². The van der Waals surface area contributed by atoms with E-state index in [-0.39, 0.29) is 35.8 Å². The summed E-state index contributed by atoms with van der Waals surface area (Å²) >= 11 is 0. The largest absolute Gasteiger partial charge is 0.482 e. The minimum atomic E-state index is -3.76. The van der Waals surface area contributed by atoms with Gasteiger partial charge in [-0.15, -0.1) is 0 Å². The molecule has 2 atom stereocenters. The van der Waals surface area contributed by atoms with Crippen molar-refractivity contribution in [2.24, 2.45) is 0 Å². The number of anilines is 2. The van der Waals surface area contributed by atoms with Gasteiger partial charge in [0.2, 0.25) is 5.91 Å². The molecule has 0 spiro atoms. The summed E-state index contributed by atoms with van der Waals surface area (Å²) < 4.78 is 31.4. The standard InChI is InChI=1S/C21H22N2O5S/c1-13-9-15-5-3-4-6-18(15)23(13)21(25)10-14(2)29(26,27)16-7-8-19-17(11-16)22-20(24)12-28-19/h3-8,11,13-14H,9-10,12H2,1-2H3,(H,22,24)/t13-,14-/m1/s1. The van der Waals surface area contributed by atoms with Gasteiger partial charge in [0.15, 0.2) is 16.4 Å². The molecule has 0 fully saturated rings. The lowest BCUT2D eigenvalue weighted by atomic mass is 10.1. The topological polar surface area (TPSA) is 92.8 Å². The molecule has 0 saturated carbocycles. The molecule has 0 aliphatic carbocycles. The number of nitrogens with zero attached hydrogens (tertiary/aromatic N) is 1. The van der Waals surface area contributed by atoms with Gasteiger partial charge in [-0.25, -0.2) is 8.42 Å². The molecule has 0 radical (unpaired) electrons. The van der Waals surface area contributed by atoms with Crippen molar-refractivity contribution in [3.63, 3.8) is 0 Å². The van der Waals surface area contributed by atoms with Crippen LogP contribution in [0.15, 0.2) is 47.4 Å². The number of hydrogen-bond acceptors (Lipinski definition) is 5. The number of amides is 2. The van der Waals surface area contributed by atoms with Crippen LogP contribution in [-0.2, 0) is 25.8 Å². The van der Waals surface area contributed by atoms with E-state index in [2.05, 4.69) is 5.32 Å². The summed E-state index contributed by atoms with van der Waals surface area (Å²) in [5.74, 6) is -0.125. The Morgan fingerprint density at radius 3 is 2.83 bits per heavy atom. The van der Waals surface area contributed by atoms with Crippen LogP contribution in [0.1, 0.15) is 25.8 Å². The lowest BCUT2D eigenvalue weighted by molar-refractivity contribution is -0.119. The minimum absolute atomic E-state index is 0.00842. The van der Waals surface area contributed by atoms with Crippen molar-refractivity contribution in [3.05, 3.63) is 48.0 Å². The molecule has 2 amide bonds. The Morgan fingerprint density at radius 2 is 2.03 bits per heavy atom. The Bertz CT molecular complexity index is 1100. The van der Waals surface area contributed by atoms with E-state index in [0.29, 0.717) is 11.4 Å². The van der Waals surface area contributed by atoms with Gasteiger partial charge in [-0.2, -0.15) is 0 Å². The second kappa shape index (κ2) is 7.18. The first-order valence-corrected chi connectivity index (χ1v) is 11.0. The second-order valence-electron chi connectivity index (χ2n) is 7.50. The van der Waals surface area contributed by atoms with Crippen LogP contribution >= 0.6 is 0 Å². The number of hydrogen-bond donors (Lipinski definition) is 1. The second-order valence-corrected chi connectivity index (χ2v) is 9.87. The maximum absolute atomic E-state index is 13.1. The Balaban J connectivity index is 1.55. The number of nitrogens with one attached hydrogen (secondary N) is 1. The molecule has 0 aromatic heterocycles. The average molecular weight is 414 g/mol. The first-order valence-electron chi connectivity index (χ1n) is 9.48. The fourth-order valence-corrected chi connectivity index (χ4v) is 5.24. The first kappa shape index (κ1) is 19.4. The number of benzene rings is 2. The highest BCUT2D eigenvalue weighted by Gasteiger charge is 2.34.